The van der Waals surface area contributed by atoms with E-state index in [1.807, 2.05) is 57.8 Å². The molecule has 8 heteroatoms. The fourth-order valence-corrected chi connectivity index (χ4v) is 5.34. The van der Waals surface area contributed by atoms with Crippen LogP contribution in [0.15, 0.2) is 54.6 Å². The fraction of sp³-hybridized carbons (Fsp3) is 0.240. The zero-order valence-electron chi connectivity index (χ0n) is 18.4. The highest BCUT2D eigenvalue weighted by atomic mass is 32.1. The van der Waals surface area contributed by atoms with Crippen LogP contribution in [0.25, 0.3) is 15.9 Å². The van der Waals surface area contributed by atoms with Crippen LogP contribution in [0.3, 0.4) is 0 Å². The lowest BCUT2D eigenvalue weighted by Gasteiger charge is -2.36. The van der Waals surface area contributed by atoms with Gasteiger partial charge in [-0.2, -0.15) is 5.10 Å². The maximum atomic E-state index is 14.5. The van der Waals surface area contributed by atoms with Gasteiger partial charge in [-0.15, -0.1) is 11.3 Å². The van der Waals surface area contributed by atoms with Crippen LogP contribution in [0.1, 0.15) is 32.6 Å². The molecule has 33 heavy (non-hydrogen) atoms. The second kappa shape index (κ2) is 8.44. The smallest absolute Gasteiger partial charge is 0.264 e. The van der Waals surface area contributed by atoms with Gasteiger partial charge in [0.1, 0.15) is 10.6 Å². The summed E-state index contributed by atoms with van der Waals surface area (Å²) in [6.07, 6.45) is 0. The average Bonchev–Trinajstić information content (AvgIpc) is 3.40. The molecule has 0 atom stereocenters. The normalized spacial score (nSPS) is 14.2. The Morgan fingerprint density at radius 1 is 1.00 bits per heavy atom. The number of rotatable bonds is 4. The molecule has 1 saturated heterocycles. The van der Waals surface area contributed by atoms with E-state index in [0.29, 0.717) is 42.3 Å². The lowest BCUT2D eigenvalue weighted by atomic mass is 10.1. The van der Waals surface area contributed by atoms with Crippen LogP contribution >= 0.6 is 11.3 Å². The standard InChI is InChI=1S/C25H23FN4O2S/c1-16-20-15-23(33-25(20)30(27-16)19-6-4-3-5-7-19)24(32)29-12-10-28(11-13-29)22-9-8-18(17(2)31)14-21(22)26/h3-9,14-15H,10-13H2,1-2H3. The zero-order valence-corrected chi connectivity index (χ0v) is 19.2. The van der Waals surface area contributed by atoms with Crippen molar-refractivity contribution in [2.45, 2.75) is 13.8 Å². The molecule has 0 bridgehead atoms. The van der Waals surface area contributed by atoms with Crippen LogP contribution in [0.5, 0.6) is 0 Å². The highest BCUT2D eigenvalue weighted by molar-refractivity contribution is 7.20. The number of piperazine rings is 1. The van der Waals surface area contributed by atoms with Crippen molar-refractivity contribution in [2.24, 2.45) is 0 Å². The molecule has 1 aliphatic rings. The number of fused-ring (bicyclic) bond motifs is 1. The number of Topliss-reactive ketones (excluding diaryl/α,β-unsaturated/α-hetero) is 1. The molecule has 0 N–H and O–H groups in total. The summed E-state index contributed by atoms with van der Waals surface area (Å²) in [4.78, 5) is 30.1. The Balaban J connectivity index is 1.33. The number of amides is 1. The first kappa shape index (κ1) is 21.3. The van der Waals surface area contributed by atoms with Crippen LogP contribution in [0.2, 0.25) is 0 Å². The molecule has 6 nitrogen and oxygen atoms in total. The van der Waals surface area contributed by atoms with Gasteiger partial charge in [-0.25, -0.2) is 9.07 Å². The third-order valence-electron chi connectivity index (χ3n) is 6.02. The SMILES string of the molecule is CC(=O)c1ccc(N2CCN(C(=O)c3cc4c(C)nn(-c5ccccc5)c4s3)CC2)c(F)c1. The molecule has 2 aromatic carbocycles. The van der Waals surface area contributed by atoms with Gasteiger partial charge in [0.2, 0.25) is 0 Å². The molecule has 0 radical (unpaired) electrons. The van der Waals surface area contributed by atoms with Crippen LogP contribution in [-0.2, 0) is 0 Å². The van der Waals surface area contributed by atoms with Gasteiger partial charge >= 0.3 is 0 Å². The number of hydrogen-bond donors (Lipinski definition) is 0. The number of hydrogen-bond acceptors (Lipinski definition) is 5. The van der Waals surface area contributed by atoms with Crippen LogP contribution < -0.4 is 4.90 Å². The minimum absolute atomic E-state index is 0.0118. The van der Waals surface area contributed by atoms with E-state index in [4.69, 9.17) is 0 Å². The van der Waals surface area contributed by atoms with Crippen molar-refractivity contribution >= 4 is 38.9 Å². The Morgan fingerprint density at radius 3 is 2.39 bits per heavy atom. The monoisotopic (exact) mass is 462 g/mol. The minimum atomic E-state index is -0.409. The summed E-state index contributed by atoms with van der Waals surface area (Å²) in [5.74, 6) is -0.583. The molecule has 168 valence electrons. The molecule has 5 rings (SSSR count). The van der Waals surface area contributed by atoms with Gasteiger partial charge in [-0.3, -0.25) is 9.59 Å². The minimum Gasteiger partial charge on any atom is -0.366 e. The average molecular weight is 463 g/mol. The largest absolute Gasteiger partial charge is 0.366 e. The second-order valence-corrected chi connectivity index (χ2v) is 9.19. The van der Waals surface area contributed by atoms with Crippen molar-refractivity contribution < 1.29 is 14.0 Å². The van der Waals surface area contributed by atoms with Crippen molar-refractivity contribution in [3.63, 3.8) is 0 Å². The third kappa shape index (κ3) is 3.91. The zero-order chi connectivity index (χ0) is 23.1. The molecule has 1 amide bonds. The lowest BCUT2D eigenvalue weighted by molar-refractivity contribution is 0.0751. The molecule has 0 saturated carbocycles. The van der Waals surface area contributed by atoms with E-state index in [1.54, 1.807) is 12.1 Å². The Kier molecular flexibility index (Phi) is 5.46. The summed E-state index contributed by atoms with van der Waals surface area (Å²) in [5.41, 5.74) is 2.67. The number of thiophene rings is 1. The van der Waals surface area contributed by atoms with Crippen LogP contribution in [-0.4, -0.2) is 52.5 Å². The predicted molar refractivity (Wildman–Crippen MR) is 128 cm³/mol. The van der Waals surface area contributed by atoms with E-state index in [2.05, 4.69) is 5.10 Å². The van der Waals surface area contributed by atoms with E-state index < -0.39 is 5.82 Å². The van der Waals surface area contributed by atoms with Crippen molar-refractivity contribution in [2.75, 3.05) is 31.1 Å². The lowest BCUT2D eigenvalue weighted by Crippen LogP contribution is -2.48. The Hall–Kier alpha value is -3.52. The summed E-state index contributed by atoms with van der Waals surface area (Å²) < 4.78 is 16.4. The van der Waals surface area contributed by atoms with Gasteiger partial charge in [0.25, 0.3) is 5.91 Å². The number of carbonyl (C=O) groups is 2. The maximum absolute atomic E-state index is 14.5. The summed E-state index contributed by atoms with van der Waals surface area (Å²) in [6, 6.07) is 16.4. The van der Waals surface area contributed by atoms with Gasteiger partial charge < -0.3 is 9.80 Å². The summed E-state index contributed by atoms with van der Waals surface area (Å²) in [7, 11) is 0. The number of anilines is 1. The van der Waals surface area contributed by atoms with Crippen molar-refractivity contribution in [3.8, 4) is 5.69 Å². The molecular weight excluding hydrogens is 439 g/mol. The highest BCUT2D eigenvalue weighted by Crippen LogP contribution is 2.31. The van der Waals surface area contributed by atoms with E-state index in [1.165, 1.54) is 24.3 Å². The molecule has 0 aliphatic carbocycles. The Morgan fingerprint density at radius 2 is 1.73 bits per heavy atom. The fourth-order valence-electron chi connectivity index (χ4n) is 4.19. The number of halogens is 1. The highest BCUT2D eigenvalue weighted by Gasteiger charge is 2.26. The third-order valence-corrected chi connectivity index (χ3v) is 7.12. The van der Waals surface area contributed by atoms with Crippen molar-refractivity contribution in [1.29, 1.82) is 0 Å². The summed E-state index contributed by atoms with van der Waals surface area (Å²) in [6.45, 7) is 5.45. The van der Waals surface area contributed by atoms with E-state index in [9.17, 15) is 14.0 Å². The van der Waals surface area contributed by atoms with Gasteiger partial charge in [-0.1, -0.05) is 18.2 Å². The Bertz CT molecular complexity index is 1350. The number of aromatic nitrogens is 2. The van der Waals surface area contributed by atoms with E-state index >= 15 is 0 Å². The van der Waals surface area contributed by atoms with Gasteiger partial charge in [0, 0.05) is 37.1 Å². The quantitative estimate of drug-likeness (QED) is 0.413. The summed E-state index contributed by atoms with van der Waals surface area (Å²) in [5, 5.41) is 5.63. The molecule has 2 aromatic heterocycles. The topological polar surface area (TPSA) is 58.4 Å². The van der Waals surface area contributed by atoms with E-state index in [-0.39, 0.29) is 11.7 Å². The second-order valence-electron chi connectivity index (χ2n) is 8.16. The number of ketones is 1. The van der Waals surface area contributed by atoms with E-state index in [0.717, 1.165) is 21.6 Å². The number of aryl methyl sites for hydroxylation is 1. The first-order chi connectivity index (χ1) is 15.9. The van der Waals surface area contributed by atoms with Gasteiger partial charge in [0.15, 0.2) is 5.78 Å². The summed E-state index contributed by atoms with van der Waals surface area (Å²) >= 11 is 1.45. The number of para-hydroxylation sites is 1. The first-order valence-corrected chi connectivity index (χ1v) is 11.6. The predicted octanol–water partition coefficient (Wildman–Crippen LogP) is 4.70. The number of carbonyl (C=O) groups excluding carboxylic acids is 2. The molecule has 0 spiro atoms. The molecule has 3 heterocycles. The van der Waals surface area contributed by atoms with Gasteiger partial charge in [0.05, 0.1) is 21.9 Å². The number of nitrogens with zero attached hydrogens (tertiary/aromatic N) is 4. The molecule has 1 fully saturated rings. The van der Waals surface area contributed by atoms with Crippen LogP contribution in [0, 0.1) is 12.7 Å². The number of benzene rings is 2. The molecule has 0 unspecified atom stereocenters. The molecular formula is C25H23FN4O2S. The Labute approximate surface area is 194 Å². The van der Waals surface area contributed by atoms with Crippen molar-refractivity contribution in [3.05, 3.63) is 76.5 Å². The first-order valence-electron chi connectivity index (χ1n) is 10.8. The molecule has 1 aliphatic heterocycles. The maximum Gasteiger partial charge on any atom is 0.264 e. The van der Waals surface area contributed by atoms with Gasteiger partial charge in [-0.05, 0) is 50.2 Å². The molecule has 4 aromatic rings. The van der Waals surface area contributed by atoms with Crippen LogP contribution in [0.4, 0.5) is 10.1 Å². The van der Waals surface area contributed by atoms with Crippen molar-refractivity contribution in [1.82, 2.24) is 14.7 Å².